The fourth-order valence-electron chi connectivity index (χ4n) is 2.16. The average molecular weight is 272 g/mol. The van der Waals surface area contributed by atoms with Crippen molar-refractivity contribution in [2.45, 2.75) is 39.7 Å². The molecule has 0 amide bonds. The van der Waals surface area contributed by atoms with Crippen molar-refractivity contribution in [3.05, 3.63) is 0 Å². The monoisotopic (exact) mass is 272 g/mol. The van der Waals surface area contributed by atoms with Gasteiger partial charge in [-0.1, -0.05) is 20.8 Å². The molecule has 0 aromatic heterocycles. The van der Waals surface area contributed by atoms with Crippen LogP contribution in [0, 0.1) is 5.92 Å². The fraction of sp³-hybridized carbons (Fsp3) is 1.00. The van der Waals surface area contributed by atoms with E-state index >= 15 is 0 Å². The largest absolute Gasteiger partial charge is 0.380 e. The highest BCUT2D eigenvalue weighted by Crippen LogP contribution is 2.04. The van der Waals surface area contributed by atoms with E-state index in [0.29, 0.717) is 6.10 Å². The Labute approximate surface area is 118 Å². The second kappa shape index (κ2) is 10.6. The molecule has 4 nitrogen and oxygen atoms in total. The first-order valence-corrected chi connectivity index (χ1v) is 7.84. The molecule has 1 saturated heterocycles. The minimum Gasteiger partial charge on any atom is -0.380 e. The molecule has 1 atom stereocenters. The van der Waals surface area contributed by atoms with Gasteiger partial charge in [0.05, 0.1) is 19.3 Å². The van der Waals surface area contributed by atoms with Gasteiger partial charge in [0.25, 0.3) is 0 Å². The highest BCUT2D eigenvalue weighted by molar-refractivity contribution is 4.73. The minimum atomic E-state index is 0.343. The zero-order chi connectivity index (χ0) is 13.9. The number of hydrogen-bond acceptors (Lipinski definition) is 4. The molecule has 4 heteroatoms. The van der Waals surface area contributed by atoms with Crippen LogP contribution in [0.15, 0.2) is 0 Å². The summed E-state index contributed by atoms with van der Waals surface area (Å²) < 4.78 is 11.5. The lowest BCUT2D eigenvalue weighted by Gasteiger charge is -2.33. The van der Waals surface area contributed by atoms with Gasteiger partial charge in [0.15, 0.2) is 0 Å². The summed E-state index contributed by atoms with van der Waals surface area (Å²) in [4.78, 5) is 2.46. The van der Waals surface area contributed by atoms with E-state index in [-0.39, 0.29) is 0 Å². The van der Waals surface area contributed by atoms with Gasteiger partial charge in [-0.3, -0.25) is 4.90 Å². The van der Waals surface area contributed by atoms with E-state index in [1.54, 1.807) is 0 Å². The summed E-state index contributed by atoms with van der Waals surface area (Å²) in [6, 6.07) is 0. The molecule has 0 aliphatic carbocycles. The van der Waals surface area contributed by atoms with Crippen LogP contribution < -0.4 is 5.32 Å². The summed E-state index contributed by atoms with van der Waals surface area (Å²) >= 11 is 0. The van der Waals surface area contributed by atoms with Gasteiger partial charge in [-0.2, -0.15) is 0 Å². The van der Waals surface area contributed by atoms with E-state index in [2.05, 4.69) is 31.0 Å². The lowest BCUT2D eigenvalue weighted by atomic mass is 10.1. The zero-order valence-corrected chi connectivity index (χ0v) is 13.0. The minimum absolute atomic E-state index is 0.343. The molecule has 0 saturated carbocycles. The van der Waals surface area contributed by atoms with Crippen LogP contribution in [0.3, 0.4) is 0 Å². The maximum Gasteiger partial charge on any atom is 0.0826 e. The number of morpholine rings is 1. The summed E-state index contributed by atoms with van der Waals surface area (Å²) in [6.07, 6.45) is 2.68. The first kappa shape index (κ1) is 16.9. The van der Waals surface area contributed by atoms with Crippen molar-refractivity contribution in [1.82, 2.24) is 10.2 Å². The van der Waals surface area contributed by atoms with Crippen LogP contribution in [0.5, 0.6) is 0 Å². The van der Waals surface area contributed by atoms with Crippen molar-refractivity contribution in [1.29, 1.82) is 0 Å². The number of ether oxygens (including phenoxy) is 2. The lowest BCUT2D eigenvalue weighted by Crippen LogP contribution is -2.47. The number of nitrogens with one attached hydrogen (secondary N) is 1. The molecule has 19 heavy (non-hydrogen) atoms. The summed E-state index contributed by atoms with van der Waals surface area (Å²) in [5, 5.41) is 3.43. The number of rotatable bonds is 10. The Morgan fingerprint density at radius 1 is 1.37 bits per heavy atom. The molecule has 114 valence electrons. The predicted molar refractivity (Wildman–Crippen MR) is 79.6 cm³/mol. The van der Waals surface area contributed by atoms with Gasteiger partial charge in [0.1, 0.15) is 0 Å². The van der Waals surface area contributed by atoms with Gasteiger partial charge in [0.2, 0.25) is 0 Å². The normalized spacial score (nSPS) is 21.2. The van der Waals surface area contributed by atoms with Crippen LogP contribution in [0.25, 0.3) is 0 Å². The molecule has 0 aromatic rings. The third-order valence-electron chi connectivity index (χ3n) is 3.41. The molecule has 0 aromatic carbocycles. The molecule has 0 radical (unpaired) electrons. The Balaban J connectivity index is 2.03. The van der Waals surface area contributed by atoms with Gasteiger partial charge in [-0.05, 0) is 25.3 Å². The Hall–Kier alpha value is -0.160. The molecule has 1 N–H and O–H groups in total. The van der Waals surface area contributed by atoms with Gasteiger partial charge in [0, 0.05) is 32.8 Å². The SMILES string of the molecule is CCCNCC1CN(CCOCCC(C)C)CCO1. The lowest BCUT2D eigenvalue weighted by molar-refractivity contribution is -0.0350. The Morgan fingerprint density at radius 2 is 2.21 bits per heavy atom. The Kier molecular flexibility index (Phi) is 9.43. The van der Waals surface area contributed by atoms with E-state index in [1.807, 2.05) is 0 Å². The van der Waals surface area contributed by atoms with E-state index in [0.717, 1.165) is 64.9 Å². The van der Waals surface area contributed by atoms with Gasteiger partial charge in [-0.15, -0.1) is 0 Å². The van der Waals surface area contributed by atoms with Crippen molar-refractivity contribution >= 4 is 0 Å². The molecule has 1 rings (SSSR count). The highest BCUT2D eigenvalue weighted by atomic mass is 16.5. The molecule has 1 aliphatic rings. The Morgan fingerprint density at radius 3 is 2.95 bits per heavy atom. The summed E-state index contributed by atoms with van der Waals surface area (Å²) in [5.41, 5.74) is 0. The quantitative estimate of drug-likeness (QED) is 0.614. The fourth-order valence-corrected chi connectivity index (χ4v) is 2.16. The number of nitrogens with zero attached hydrogens (tertiary/aromatic N) is 1. The van der Waals surface area contributed by atoms with E-state index < -0.39 is 0 Å². The third-order valence-corrected chi connectivity index (χ3v) is 3.41. The Bertz CT molecular complexity index is 212. The summed E-state index contributed by atoms with van der Waals surface area (Å²) in [7, 11) is 0. The highest BCUT2D eigenvalue weighted by Gasteiger charge is 2.19. The second-order valence-electron chi connectivity index (χ2n) is 5.79. The molecule has 0 bridgehead atoms. The molecule has 0 spiro atoms. The van der Waals surface area contributed by atoms with E-state index in [1.165, 1.54) is 6.42 Å². The molecular weight excluding hydrogens is 240 g/mol. The van der Waals surface area contributed by atoms with Crippen molar-refractivity contribution < 1.29 is 9.47 Å². The van der Waals surface area contributed by atoms with Crippen LogP contribution in [0.4, 0.5) is 0 Å². The number of hydrogen-bond donors (Lipinski definition) is 1. The molecule has 1 unspecified atom stereocenters. The van der Waals surface area contributed by atoms with Crippen molar-refractivity contribution in [2.75, 3.05) is 52.5 Å². The summed E-state index contributed by atoms with van der Waals surface area (Å²) in [6.45, 7) is 14.4. The summed E-state index contributed by atoms with van der Waals surface area (Å²) in [5.74, 6) is 0.734. The van der Waals surface area contributed by atoms with Crippen LogP contribution >= 0.6 is 0 Å². The average Bonchev–Trinajstić information content (AvgIpc) is 2.39. The van der Waals surface area contributed by atoms with Crippen molar-refractivity contribution in [3.8, 4) is 0 Å². The molecule has 1 fully saturated rings. The maximum absolute atomic E-state index is 5.77. The van der Waals surface area contributed by atoms with Crippen LogP contribution in [0.2, 0.25) is 0 Å². The first-order chi connectivity index (χ1) is 9.22. The van der Waals surface area contributed by atoms with Gasteiger partial charge in [-0.25, -0.2) is 0 Å². The van der Waals surface area contributed by atoms with E-state index in [4.69, 9.17) is 9.47 Å². The van der Waals surface area contributed by atoms with Gasteiger partial charge < -0.3 is 14.8 Å². The second-order valence-corrected chi connectivity index (χ2v) is 5.79. The predicted octanol–water partition coefficient (Wildman–Crippen LogP) is 1.75. The van der Waals surface area contributed by atoms with Crippen LogP contribution in [-0.2, 0) is 9.47 Å². The van der Waals surface area contributed by atoms with E-state index in [9.17, 15) is 0 Å². The van der Waals surface area contributed by atoms with Gasteiger partial charge >= 0.3 is 0 Å². The van der Waals surface area contributed by atoms with Crippen molar-refractivity contribution in [2.24, 2.45) is 5.92 Å². The standard InChI is InChI=1S/C15H32N2O2/c1-4-6-16-12-15-13-17(8-11-19-15)7-10-18-9-5-14(2)3/h14-16H,4-13H2,1-3H3. The zero-order valence-electron chi connectivity index (χ0n) is 13.0. The van der Waals surface area contributed by atoms with Crippen LogP contribution in [0.1, 0.15) is 33.6 Å². The molecule has 1 heterocycles. The molecular formula is C15H32N2O2. The third kappa shape index (κ3) is 8.58. The topological polar surface area (TPSA) is 33.7 Å². The maximum atomic E-state index is 5.77. The van der Waals surface area contributed by atoms with Crippen molar-refractivity contribution in [3.63, 3.8) is 0 Å². The first-order valence-electron chi connectivity index (χ1n) is 7.84. The van der Waals surface area contributed by atoms with Crippen LogP contribution in [-0.4, -0.2) is 63.5 Å². The molecule has 1 aliphatic heterocycles. The smallest absolute Gasteiger partial charge is 0.0826 e.